The van der Waals surface area contributed by atoms with Crippen LogP contribution < -0.4 is 5.32 Å². The van der Waals surface area contributed by atoms with Crippen LogP contribution in [0.4, 0.5) is 0 Å². The second-order valence-corrected chi connectivity index (χ2v) is 5.58. The van der Waals surface area contributed by atoms with E-state index < -0.39 is 0 Å². The van der Waals surface area contributed by atoms with E-state index in [-0.39, 0.29) is 12.9 Å². The van der Waals surface area contributed by atoms with Crippen LogP contribution >= 0.6 is 11.8 Å². The Hall–Kier alpha value is -1.00. The van der Waals surface area contributed by atoms with Crippen molar-refractivity contribution < 1.29 is 11.0 Å². The van der Waals surface area contributed by atoms with E-state index in [0.29, 0.717) is 13.0 Å². The first-order chi connectivity index (χ1) is 8.74. The average Bonchev–Trinajstić information content (AvgIpc) is 2.34. The molecule has 4 heteroatoms. The van der Waals surface area contributed by atoms with Gasteiger partial charge in [0.1, 0.15) is 0 Å². The van der Waals surface area contributed by atoms with Gasteiger partial charge in [0.05, 0.1) is 13.0 Å². The molecule has 1 N–H and O–H groups in total. The SMILES string of the molecule is CCOC(=O)CC1(NCc2ccccc2)CSC1.[HH]. The van der Waals surface area contributed by atoms with Crippen molar-refractivity contribution in [2.75, 3.05) is 18.1 Å². The fourth-order valence-corrected chi connectivity index (χ4v) is 3.09. The van der Waals surface area contributed by atoms with Crippen LogP contribution in [0.2, 0.25) is 0 Å². The number of hydrogen-bond acceptors (Lipinski definition) is 4. The topological polar surface area (TPSA) is 38.3 Å². The second-order valence-electron chi connectivity index (χ2n) is 4.59. The highest BCUT2D eigenvalue weighted by molar-refractivity contribution is 8.00. The molecular formula is C14H21NO2S. The molecule has 0 saturated carbocycles. The predicted octanol–water partition coefficient (Wildman–Crippen LogP) is 2.46. The van der Waals surface area contributed by atoms with Gasteiger partial charge in [0.25, 0.3) is 0 Å². The minimum absolute atomic E-state index is 0. The quantitative estimate of drug-likeness (QED) is 0.804. The molecule has 1 aliphatic heterocycles. The fourth-order valence-electron chi connectivity index (χ4n) is 1.99. The van der Waals surface area contributed by atoms with Crippen LogP contribution in [0.5, 0.6) is 0 Å². The molecule has 0 amide bonds. The summed E-state index contributed by atoms with van der Waals surface area (Å²) in [5, 5.41) is 3.52. The van der Waals surface area contributed by atoms with Gasteiger partial charge in [-0.3, -0.25) is 4.79 Å². The molecule has 0 radical (unpaired) electrons. The lowest BCUT2D eigenvalue weighted by molar-refractivity contribution is -0.144. The van der Waals surface area contributed by atoms with E-state index >= 15 is 0 Å². The lowest BCUT2D eigenvalue weighted by atomic mass is 9.98. The zero-order valence-corrected chi connectivity index (χ0v) is 11.5. The highest BCUT2D eigenvalue weighted by Crippen LogP contribution is 2.33. The third kappa shape index (κ3) is 3.50. The Balaban J connectivity index is 0.00000180. The Morgan fingerprint density at radius 2 is 2.17 bits per heavy atom. The van der Waals surface area contributed by atoms with Crippen molar-refractivity contribution in [3.8, 4) is 0 Å². The number of ether oxygens (including phenoxy) is 1. The molecule has 100 valence electrons. The Morgan fingerprint density at radius 1 is 1.44 bits per heavy atom. The molecule has 0 spiro atoms. The van der Waals surface area contributed by atoms with Crippen LogP contribution in [0.3, 0.4) is 0 Å². The molecule has 1 aromatic carbocycles. The molecule has 1 aliphatic rings. The lowest BCUT2D eigenvalue weighted by Crippen LogP contribution is -2.56. The minimum atomic E-state index is -0.0987. The van der Waals surface area contributed by atoms with E-state index in [1.165, 1.54) is 5.56 Å². The number of nitrogens with one attached hydrogen (secondary N) is 1. The summed E-state index contributed by atoms with van der Waals surface area (Å²) in [7, 11) is 0. The van der Waals surface area contributed by atoms with Gasteiger partial charge in [-0.05, 0) is 12.5 Å². The molecule has 18 heavy (non-hydrogen) atoms. The predicted molar refractivity (Wildman–Crippen MR) is 76.7 cm³/mol. The van der Waals surface area contributed by atoms with Gasteiger partial charge in [-0.2, -0.15) is 11.8 Å². The van der Waals surface area contributed by atoms with Gasteiger partial charge in [-0.1, -0.05) is 30.3 Å². The van der Waals surface area contributed by atoms with Crippen LogP contribution in [0.25, 0.3) is 0 Å². The van der Waals surface area contributed by atoms with Crippen LogP contribution in [0, 0.1) is 0 Å². The van der Waals surface area contributed by atoms with Gasteiger partial charge in [0, 0.05) is 25.0 Å². The first-order valence-corrected chi connectivity index (χ1v) is 7.42. The Kier molecular flexibility index (Phi) is 4.66. The minimum Gasteiger partial charge on any atom is -0.466 e. The van der Waals surface area contributed by atoms with E-state index in [1.807, 2.05) is 36.9 Å². The molecular weight excluding hydrogens is 246 g/mol. The molecule has 1 saturated heterocycles. The maximum Gasteiger partial charge on any atom is 0.307 e. The van der Waals surface area contributed by atoms with Crippen molar-refractivity contribution in [1.82, 2.24) is 5.32 Å². The summed E-state index contributed by atoms with van der Waals surface area (Å²) in [6.07, 6.45) is 0.473. The number of carbonyl (C=O) groups excluding carboxylic acids is 1. The smallest absolute Gasteiger partial charge is 0.307 e. The third-order valence-corrected chi connectivity index (χ3v) is 4.57. The molecule has 0 unspecified atom stereocenters. The van der Waals surface area contributed by atoms with Gasteiger partial charge in [-0.25, -0.2) is 0 Å². The van der Waals surface area contributed by atoms with E-state index in [1.54, 1.807) is 0 Å². The summed E-state index contributed by atoms with van der Waals surface area (Å²) in [5.41, 5.74) is 1.19. The standard InChI is InChI=1S/C14H19NO2S.H2/c1-2-17-13(16)8-14(10-18-11-14)15-9-12-6-4-3-5-7-12;/h3-7,15H,2,8-11H2,1H3;1H. The number of rotatable bonds is 6. The Morgan fingerprint density at radius 3 is 2.72 bits per heavy atom. The van der Waals surface area contributed by atoms with E-state index in [2.05, 4.69) is 17.4 Å². The van der Waals surface area contributed by atoms with Crippen molar-refractivity contribution in [3.63, 3.8) is 0 Å². The summed E-state index contributed by atoms with van der Waals surface area (Å²) >= 11 is 1.87. The number of thioether (sulfide) groups is 1. The fraction of sp³-hybridized carbons (Fsp3) is 0.500. The summed E-state index contributed by atoms with van der Waals surface area (Å²) in [6.45, 7) is 3.11. The van der Waals surface area contributed by atoms with Crippen LogP contribution in [0.1, 0.15) is 20.3 Å². The second kappa shape index (κ2) is 6.25. The molecule has 2 rings (SSSR count). The molecule has 0 atom stereocenters. The maximum absolute atomic E-state index is 11.6. The van der Waals surface area contributed by atoms with Gasteiger partial charge in [0.2, 0.25) is 0 Å². The summed E-state index contributed by atoms with van der Waals surface area (Å²) < 4.78 is 5.04. The van der Waals surface area contributed by atoms with Gasteiger partial charge in [0.15, 0.2) is 0 Å². The number of hydrogen-bond donors (Lipinski definition) is 1. The van der Waals surface area contributed by atoms with Gasteiger partial charge in [-0.15, -0.1) is 0 Å². The first-order valence-electron chi connectivity index (χ1n) is 6.26. The van der Waals surface area contributed by atoms with Crippen molar-refractivity contribution in [2.45, 2.75) is 25.4 Å². The average molecular weight is 267 g/mol. The van der Waals surface area contributed by atoms with Crippen molar-refractivity contribution in [3.05, 3.63) is 35.9 Å². The van der Waals surface area contributed by atoms with Crippen molar-refractivity contribution in [2.24, 2.45) is 0 Å². The summed E-state index contributed by atoms with van der Waals surface area (Å²) in [6, 6.07) is 10.3. The van der Waals surface area contributed by atoms with Gasteiger partial charge >= 0.3 is 5.97 Å². The van der Waals surface area contributed by atoms with Crippen molar-refractivity contribution in [1.29, 1.82) is 0 Å². The van der Waals surface area contributed by atoms with E-state index in [4.69, 9.17) is 4.74 Å². The summed E-state index contributed by atoms with van der Waals surface area (Å²) in [4.78, 5) is 11.6. The first kappa shape index (κ1) is 13.4. The normalized spacial score (nSPS) is 16.9. The molecule has 1 aromatic rings. The maximum atomic E-state index is 11.6. The molecule has 0 bridgehead atoms. The zero-order valence-electron chi connectivity index (χ0n) is 10.6. The third-order valence-electron chi connectivity index (χ3n) is 3.06. The Labute approximate surface area is 114 Å². The zero-order chi connectivity index (χ0) is 12.8. The molecule has 3 nitrogen and oxygen atoms in total. The van der Waals surface area contributed by atoms with E-state index in [0.717, 1.165) is 18.1 Å². The molecule has 1 fully saturated rings. The van der Waals surface area contributed by atoms with Gasteiger partial charge < -0.3 is 10.1 Å². The van der Waals surface area contributed by atoms with Crippen molar-refractivity contribution >= 4 is 17.7 Å². The Bertz CT molecular complexity index is 396. The number of benzene rings is 1. The van der Waals surface area contributed by atoms with Crippen LogP contribution in [0.15, 0.2) is 30.3 Å². The number of carbonyl (C=O) groups is 1. The van der Waals surface area contributed by atoms with Crippen LogP contribution in [-0.4, -0.2) is 29.6 Å². The molecule has 0 aliphatic carbocycles. The lowest BCUT2D eigenvalue weighted by Gasteiger charge is -2.41. The largest absolute Gasteiger partial charge is 0.466 e. The monoisotopic (exact) mass is 267 g/mol. The van der Waals surface area contributed by atoms with Crippen LogP contribution in [-0.2, 0) is 16.1 Å². The summed E-state index contributed by atoms with van der Waals surface area (Å²) in [5.74, 6) is 1.87. The molecule has 1 heterocycles. The van der Waals surface area contributed by atoms with E-state index in [9.17, 15) is 4.79 Å². The highest BCUT2D eigenvalue weighted by Gasteiger charge is 2.39. The number of esters is 1. The highest BCUT2D eigenvalue weighted by atomic mass is 32.2. The molecule has 0 aromatic heterocycles.